The number of carbonyl (C=O) groups excluding carboxylic acids is 2. The number of hydrogen-bond donors (Lipinski definition) is 2. The molecule has 3 N–H and O–H groups in total. The highest BCUT2D eigenvalue weighted by molar-refractivity contribution is 7.99. The average Bonchev–Trinajstić information content (AvgIpc) is 3.09. The Labute approximate surface area is 162 Å². The molecule has 27 heavy (non-hydrogen) atoms. The van der Waals surface area contributed by atoms with Crippen molar-refractivity contribution >= 4 is 35.1 Å². The maximum absolute atomic E-state index is 12.1. The highest BCUT2D eigenvalue weighted by Gasteiger charge is 2.14. The molecule has 2 aromatic rings. The molecule has 0 unspecified atom stereocenters. The highest BCUT2D eigenvalue weighted by atomic mass is 32.2. The van der Waals surface area contributed by atoms with Gasteiger partial charge in [0.2, 0.25) is 5.91 Å². The number of hydrogen-bond acceptors (Lipinski definition) is 7. The predicted octanol–water partition coefficient (Wildman–Crippen LogP) is 2.85. The number of nitrogen functional groups attached to an aromatic ring is 1. The summed E-state index contributed by atoms with van der Waals surface area (Å²) in [4.78, 5) is 32.0. The summed E-state index contributed by atoms with van der Waals surface area (Å²) in [7, 11) is 0. The number of ether oxygens (including phenoxy) is 1. The molecule has 0 saturated heterocycles. The summed E-state index contributed by atoms with van der Waals surface area (Å²) in [5, 5.41) is 3.35. The number of amides is 1. The molecule has 8 heteroatoms. The summed E-state index contributed by atoms with van der Waals surface area (Å²) in [5.74, 6) is -0.0139. The summed E-state index contributed by atoms with van der Waals surface area (Å²) in [6.07, 6.45) is 5.06. The van der Waals surface area contributed by atoms with E-state index < -0.39 is 5.97 Å². The van der Waals surface area contributed by atoms with Crippen molar-refractivity contribution in [2.45, 2.75) is 37.8 Å². The van der Waals surface area contributed by atoms with Crippen molar-refractivity contribution in [3.63, 3.8) is 0 Å². The van der Waals surface area contributed by atoms with Gasteiger partial charge in [0.1, 0.15) is 11.4 Å². The van der Waals surface area contributed by atoms with Crippen LogP contribution < -0.4 is 11.1 Å². The molecule has 0 fully saturated rings. The highest BCUT2D eigenvalue weighted by Crippen LogP contribution is 2.25. The number of benzene rings is 1. The van der Waals surface area contributed by atoms with Crippen LogP contribution in [0.15, 0.2) is 29.6 Å². The zero-order valence-electron chi connectivity index (χ0n) is 15.2. The molecule has 1 aromatic carbocycles. The Morgan fingerprint density at radius 1 is 1.30 bits per heavy atom. The van der Waals surface area contributed by atoms with Crippen LogP contribution >= 0.6 is 11.8 Å². The SMILES string of the molecule is CCOC(=O)c1cnc(SCCC(=O)Nc2ccc3c(c2)CCC3)nc1N. The fourth-order valence-electron chi connectivity index (χ4n) is 2.92. The van der Waals surface area contributed by atoms with E-state index in [0.29, 0.717) is 17.3 Å². The van der Waals surface area contributed by atoms with Gasteiger partial charge in [-0.05, 0) is 49.4 Å². The molecule has 0 saturated carbocycles. The number of nitrogens with two attached hydrogens (primary N) is 1. The van der Waals surface area contributed by atoms with E-state index in [-0.39, 0.29) is 23.9 Å². The Bertz CT molecular complexity index is 857. The first-order valence-corrected chi connectivity index (χ1v) is 9.89. The van der Waals surface area contributed by atoms with Crippen molar-refractivity contribution in [3.05, 3.63) is 41.1 Å². The molecule has 0 spiro atoms. The molecule has 0 radical (unpaired) electrons. The van der Waals surface area contributed by atoms with Crippen LogP contribution in [-0.4, -0.2) is 34.2 Å². The second-order valence-electron chi connectivity index (χ2n) is 6.16. The zero-order valence-corrected chi connectivity index (χ0v) is 16.0. The van der Waals surface area contributed by atoms with Gasteiger partial charge in [0.25, 0.3) is 0 Å². The van der Waals surface area contributed by atoms with Gasteiger partial charge in [-0.3, -0.25) is 4.79 Å². The van der Waals surface area contributed by atoms with Gasteiger partial charge >= 0.3 is 5.97 Å². The molecule has 1 amide bonds. The van der Waals surface area contributed by atoms with E-state index in [4.69, 9.17) is 10.5 Å². The van der Waals surface area contributed by atoms with Crippen molar-refractivity contribution < 1.29 is 14.3 Å². The molecule has 1 aliphatic rings. The molecule has 0 bridgehead atoms. The number of nitrogens with one attached hydrogen (secondary N) is 1. The number of esters is 1. The number of fused-ring (bicyclic) bond motifs is 1. The molecule has 0 atom stereocenters. The lowest BCUT2D eigenvalue weighted by atomic mass is 10.1. The van der Waals surface area contributed by atoms with Gasteiger partial charge in [-0.1, -0.05) is 17.8 Å². The minimum absolute atomic E-state index is 0.0587. The van der Waals surface area contributed by atoms with Gasteiger partial charge in [0.15, 0.2) is 5.16 Å². The normalized spacial score (nSPS) is 12.5. The standard InChI is InChI=1S/C19H22N4O3S/c1-2-26-18(25)15-11-21-19(23-17(15)20)27-9-8-16(24)22-14-7-6-12-4-3-5-13(12)10-14/h6-7,10-11H,2-5,8-9H2,1H3,(H,22,24)(H2,20,21,23). The minimum Gasteiger partial charge on any atom is -0.462 e. The second-order valence-corrected chi connectivity index (χ2v) is 7.22. The molecule has 3 rings (SSSR count). The van der Waals surface area contributed by atoms with E-state index in [1.165, 1.54) is 35.5 Å². The number of aryl methyl sites for hydroxylation is 2. The van der Waals surface area contributed by atoms with Crippen LogP contribution in [0.3, 0.4) is 0 Å². The van der Waals surface area contributed by atoms with Crippen molar-refractivity contribution in [2.24, 2.45) is 0 Å². The Hall–Kier alpha value is -2.61. The third-order valence-electron chi connectivity index (χ3n) is 4.23. The topological polar surface area (TPSA) is 107 Å². The van der Waals surface area contributed by atoms with E-state index in [2.05, 4.69) is 27.4 Å². The van der Waals surface area contributed by atoms with Gasteiger partial charge < -0.3 is 15.8 Å². The Balaban J connectivity index is 1.48. The van der Waals surface area contributed by atoms with E-state index in [1.54, 1.807) is 6.92 Å². The Kier molecular flexibility index (Phi) is 6.28. The number of nitrogens with zero attached hydrogens (tertiary/aromatic N) is 2. The van der Waals surface area contributed by atoms with Crippen LogP contribution in [0, 0.1) is 0 Å². The largest absolute Gasteiger partial charge is 0.462 e. The molecule has 1 heterocycles. The fraction of sp³-hybridized carbons (Fsp3) is 0.368. The van der Waals surface area contributed by atoms with Gasteiger partial charge in [0, 0.05) is 24.1 Å². The molecular weight excluding hydrogens is 364 g/mol. The summed E-state index contributed by atoms with van der Waals surface area (Å²) >= 11 is 1.31. The fourth-order valence-corrected chi connectivity index (χ4v) is 3.68. The third-order valence-corrected chi connectivity index (χ3v) is 5.10. The lowest BCUT2D eigenvalue weighted by molar-refractivity contribution is -0.115. The Morgan fingerprint density at radius 3 is 2.89 bits per heavy atom. The van der Waals surface area contributed by atoms with Crippen LogP contribution in [0.2, 0.25) is 0 Å². The summed E-state index contributed by atoms with van der Waals surface area (Å²) in [5.41, 5.74) is 9.48. The van der Waals surface area contributed by atoms with Gasteiger partial charge in [-0.25, -0.2) is 14.8 Å². The molecule has 7 nitrogen and oxygen atoms in total. The number of anilines is 2. The lowest BCUT2D eigenvalue weighted by Crippen LogP contribution is -2.13. The van der Waals surface area contributed by atoms with Crippen LogP contribution in [0.5, 0.6) is 0 Å². The quantitative estimate of drug-likeness (QED) is 0.428. The van der Waals surface area contributed by atoms with Gasteiger partial charge in [-0.2, -0.15) is 0 Å². The minimum atomic E-state index is -0.541. The van der Waals surface area contributed by atoms with Crippen molar-refractivity contribution in [1.82, 2.24) is 9.97 Å². The third kappa shape index (κ3) is 4.97. The molecule has 1 aliphatic carbocycles. The maximum atomic E-state index is 12.1. The molecule has 142 valence electrons. The van der Waals surface area contributed by atoms with E-state index >= 15 is 0 Å². The first kappa shape index (κ1) is 19.2. The zero-order chi connectivity index (χ0) is 19.2. The van der Waals surface area contributed by atoms with Crippen molar-refractivity contribution in [2.75, 3.05) is 23.4 Å². The van der Waals surface area contributed by atoms with Crippen LogP contribution in [0.4, 0.5) is 11.5 Å². The second kappa shape index (κ2) is 8.85. The first-order chi connectivity index (χ1) is 13.1. The van der Waals surface area contributed by atoms with Crippen LogP contribution in [0.1, 0.15) is 41.3 Å². The number of aromatic nitrogens is 2. The number of carbonyl (C=O) groups is 2. The number of rotatable bonds is 7. The van der Waals surface area contributed by atoms with Crippen molar-refractivity contribution in [3.8, 4) is 0 Å². The summed E-state index contributed by atoms with van der Waals surface area (Å²) in [6, 6.07) is 6.10. The average molecular weight is 386 g/mol. The summed E-state index contributed by atoms with van der Waals surface area (Å²) < 4.78 is 4.89. The monoisotopic (exact) mass is 386 g/mol. The predicted molar refractivity (Wildman–Crippen MR) is 105 cm³/mol. The van der Waals surface area contributed by atoms with E-state index in [1.807, 2.05) is 6.07 Å². The van der Waals surface area contributed by atoms with Gasteiger partial charge in [-0.15, -0.1) is 0 Å². The Morgan fingerprint density at radius 2 is 2.11 bits per heavy atom. The van der Waals surface area contributed by atoms with Crippen LogP contribution in [0.25, 0.3) is 0 Å². The maximum Gasteiger partial charge on any atom is 0.343 e. The molecular formula is C19H22N4O3S. The number of thioether (sulfide) groups is 1. The van der Waals surface area contributed by atoms with Crippen LogP contribution in [-0.2, 0) is 22.4 Å². The van der Waals surface area contributed by atoms with Gasteiger partial charge in [0.05, 0.1) is 6.61 Å². The summed E-state index contributed by atoms with van der Waals surface area (Å²) in [6.45, 7) is 1.97. The smallest absolute Gasteiger partial charge is 0.343 e. The lowest BCUT2D eigenvalue weighted by Gasteiger charge is -2.08. The molecule has 1 aromatic heterocycles. The van der Waals surface area contributed by atoms with E-state index in [0.717, 1.165) is 18.5 Å². The van der Waals surface area contributed by atoms with E-state index in [9.17, 15) is 9.59 Å². The first-order valence-electron chi connectivity index (χ1n) is 8.91. The molecule has 0 aliphatic heterocycles. The van der Waals surface area contributed by atoms with Crippen molar-refractivity contribution in [1.29, 1.82) is 0 Å².